The fourth-order valence-corrected chi connectivity index (χ4v) is 2.27. The van der Waals surface area contributed by atoms with Crippen LogP contribution in [-0.4, -0.2) is 44.7 Å². The highest BCUT2D eigenvalue weighted by molar-refractivity contribution is 6.05. The van der Waals surface area contributed by atoms with Gasteiger partial charge in [0.05, 0.1) is 20.6 Å². The summed E-state index contributed by atoms with van der Waals surface area (Å²) in [5.74, 6) is 0.619. The second-order valence-electron chi connectivity index (χ2n) is 5.00. The number of rotatable bonds is 7. The van der Waals surface area contributed by atoms with Crippen LogP contribution in [0, 0.1) is 0 Å². The molecule has 0 aromatic heterocycles. The average molecular weight is 321 g/mol. The number of carbonyl (C=O) groups excluding carboxylic acids is 3. The molecule has 1 unspecified atom stereocenters. The molecule has 0 aliphatic carbocycles. The molecule has 1 aliphatic rings. The van der Waals surface area contributed by atoms with E-state index in [1.54, 1.807) is 26.4 Å². The van der Waals surface area contributed by atoms with Gasteiger partial charge in [0.25, 0.3) is 5.91 Å². The van der Waals surface area contributed by atoms with E-state index in [0.29, 0.717) is 24.5 Å². The molecule has 4 amide bonds. The van der Waals surface area contributed by atoms with Gasteiger partial charge in [-0.1, -0.05) is 0 Å². The van der Waals surface area contributed by atoms with E-state index in [2.05, 4.69) is 16.0 Å². The van der Waals surface area contributed by atoms with Gasteiger partial charge in [0.2, 0.25) is 5.91 Å². The minimum Gasteiger partial charge on any atom is -0.497 e. The molecule has 1 heterocycles. The van der Waals surface area contributed by atoms with Crippen LogP contribution < -0.4 is 25.4 Å². The molecule has 1 aromatic carbocycles. The lowest BCUT2D eigenvalue weighted by Crippen LogP contribution is -2.36. The van der Waals surface area contributed by atoms with Crippen LogP contribution in [0.3, 0.4) is 0 Å². The van der Waals surface area contributed by atoms with Gasteiger partial charge in [-0.15, -0.1) is 0 Å². The Bertz CT molecular complexity index is 617. The average Bonchev–Trinajstić information content (AvgIpc) is 2.84. The molecule has 0 radical (unpaired) electrons. The van der Waals surface area contributed by atoms with Crippen molar-refractivity contribution in [3.63, 3.8) is 0 Å². The van der Waals surface area contributed by atoms with Crippen LogP contribution in [0.5, 0.6) is 11.5 Å². The van der Waals surface area contributed by atoms with Gasteiger partial charge in [0.15, 0.2) is 0 Å². The third-order valence-corrected chi connectivity index (χ3v) is 3.45. The summed E-state index contributed by atoms with van der Waals surface area (Å²) in [5.41, 5.74) is 0.902. The zero-order chi connectivity index (χ0) is 16.8. The molecule has 1 fully saturated rings. The van der Waals surface area contributed by atoms with E-state index >= 15 is 0 Å². The summed E-state index contributed by atoms with van der Waals surface area (Å²) < 4.78 is 10.4. The number of hydrogen-bond donors (Lipinski definition) is 3. The van der Waals surface area contributed by atoms with Crippen molar-refractivity contribution in [1.29, 1.82) is 0 Å². The molecule has 1 atom stereocenters. The number of hydrogen-bond acceptors (Lipinski definition) is 5. The maximum Gasteiger partial charge on any atom is 0.322 e. The van der Waals surface area contributed by atoms with Crippen molar-refractivity contribution >= 4 is 17.8 Å². The predicted molar refractivity (Wildman–Crippen MR) is 81.3 cm³/mol. The van der Waals surface area contributed by atoms with E-state index in [4.69, 9.17) is 9.47 Å². The predicted octanol–water partition coefficient (Wildman–Crippen LogP) is -0.0394. The van der Waals surface area contributed by atoms with Gasteiger partial charge in [-0.3, -0.25) is 14.9 Å². The summed E-state index contributed by atoms with van der Waals surface area (Å²) >= 11 is 0. The maximum atomic E-state index is 11.8. The number of imide groups is 1. The highest BCUT2D eigenvalue weighted by Gasteiger charge is 2.31. The van der Waals surface area contributed by atoms with Crippen molar-refractivity contribution in [2.24, 2.45) is 0 Å². The van der Waals surface area contributed by atoms with Crippen molar-refractivity contribution in [3.05, 3.63) is 23.8 Å². The van der Waals surface area contributed by atoms with Gasteiger partial charge in [0.1, 0.15) is 17.5 Å². The molecule has 0 bridgehead atoms. The molecule has 8 nitrogen and oxygen atoms in total. The molecule has 23 heavy (non-hydrogen) atoms. The number of ether oxygens (including phenoxy) is 2. The molecule has 3 N–H and O–H groups in total. The Morgan fingerprint density at radius 3 is 2.65 bits per heavy atom. The Labute approximate surface area is 133 Å². The Kier molecular flexibility index (Phi) is 5.40. The van der Waals surface area contributed by atoms with E-state index in [9.17, 15) is 14.4 Å². The largest absolute Gasteiger partial charge is 0.497 e. The van der Waals surface area contributed by atoms with E-state index in [-0.39, 0.29) is 12.3 Å². The molecule has 0 spiro atoms. The van der Waals surface area contributed by atoms with Crippen LogP contribution in [0.25, 0.3) is 0 Å². The van der Waals surface area contributed by atoms with Crippen LogP contribution in [0.2, 0.25) is 0 Å². The third-order valence-electron chi connectivity index (χ3n) is 3.45. The molecule has 1 saturated heterocycles. The van der Waals surface area contributed by atoms with Gasteiger partial charge < -0.3 is 20.1 Å². The Hall–Kier alpha value is -2.77. The number of urea groups is 1. The van der Waals surface area contributed by atoms with Crippen LogP contribution >= 0.6 is 0 Å². The highest BCUT2D eigenvalue weighted by Crippen LogP contribution is 2.24. The van der Waals surface area contributed by atoms with Crippen molar-refractivity contribution in [3.8, 4) is 11.5 Å². The van der Waals surface area contributed by atoms with E-state index in [1.807, 2.05) is 6.07 Å². The first-order chi connectivity index (χ1) is 11.0. The lowest BCUT2D eigenvalue weighted by molar-refractivity contribution is -0.126. The summed E-state index contributed by atoms with van der Waals surface area (Å²) in [6.45, 7) is 0.380. The summed E-state index contributed by atoms with van der Waals surface area (Å²) in [6.07, 6.45) is 0.460. The van der Waals surface area contributed by atoms with Crippen molar-refractivity contribution in [2.45, 2.75) is 18.9 Å². The van der Waals surface area contributed by atoms with Crippen LogP contribution in [-0.2, 0) is 16.0 Å². The molecule has 1 aromatic rings. The van der Waals surface area contributed by atoms with Crippen LogP contribution in [0.1, 0.15) is 12.0 Å². The van der Waals surface area contributed by atoms with Gasteiger partial charge >= 0.3 is 6.03 Å². The quantitative estimate of drug-likeness (QED) is 0.611. The standard InChI is InChI=1S/C15H19N3O5/c1-22-10-3-4-12(23-2)9(7-10)5-6-16-13(19)8-11-14(20)18-15(21)17-11/h3-4,7,11H,5-6,8H2,1-2H3,(H,16,19)(H2,17,18,20,21). The maximum absolute atomic E-state index is 11.8. The first kappa shape index (κ1) is 16.6. The number of benzene rings is 1. The molecule has 1 aliphatic heterocycles. The Morgan fingerprint density at radius 2 is 2.04 bits per heavy atom. The van der Waals surface area contributed by atoms with Crippen molar-refractivity contribution in [1.82, 2.24) is 16.0 Å². The van der Waals surface area contributed by atoms with E-state index in [0.717, 1.165) is 5.56 Å². The molecule has 2 rings (SSSR count). The topological polar surface area (TPSA) is 106 Å². The second-order valence-corrected chi connectivity index (χ2v) is 5.00. The summed E-state index contributed by atoms with van der Waals surface area (Å²) in [4.78, 5) is 34.2. The molecular formula is C15H19N3O5. The van der Waals surface area contributed by atoms with Crippen molar-refractivity contribution in [2.75, 3.05) is 20.8 Å². The Balaban J connectivity index is 1.83. The van der Waals surface area contributed by atoms with Crippen molar-refractivity contribution < 1.29 is 23.9 Å². The molecule has 8 heteroatoms. The van der Waals surface area contributed by atoms with E-state index in [1.165, 1.54) is 0 Å². The monoisotopic (exact) mass is 321 g/mol. The highest BCUT2D eigenvalue weighted by atomic mass is 16.5. The fraction of sp³-hybridized carbons (Fsp3) is 0.400. The minimum absolute atomic E-state index is 0.0905. The minimum atomic E-state index is -0.811. The van der Waals surface area contributed by atoms with Gasteiger partial charge in [-0.05, 0) is 30.2 Å². The molecular weight excluding hydrogens is 302 g/mol. The number of carbonyl (C=O) groups is 3. The third kappa shape index (κ3) is 4.35. The van der Waals surface area contributed by atoms with Crippen LogP contribution in [0.15, 0.2) is 18.2 Å². The molecule has 0 saturated carbocycles. The normalized spacial score (nSPS) is 16.5. The Morgan fingerprint density at radius 1 is 1.26 bits per heavy atom. The van der Waals surface area contributed by atoms with Crippen LogP contribution in [0.4, 0.5) is 4.79 Å². The zero-order valence-electron chi connectivity index (χ0n) is 13.0. The van der Waals surface area contributed by atoms with Gasteiger partial charge in [0, 0.05) is 6.54 Å². The fourth-order valence-electron chi connectivity index (χ4n) is 2.27. The van der Waals surface area contributed by atoms with Gasteiger partial charge in [-0.25, -0.2) is 4.79 Å². The lowest BCUT2D eigenvalue weighted by atomic mass is 10.1. The number of methoxy groups -OCH3 is 2. The van der Waals surface area contributed by atoms with E-state index < -0.39 is 18.0 Å². The lowest BCUT2D eigenvalue weighted by Gasteiger charge is -2.12. The van der Waals surface area contributed by atoms with Gasteiger partial charge in [-0.2, -0.15) is 0 Å². The number of amides is 4. The zero-order valence-corrected chi connectivity index (χ0v) is 13.0. The smallest absolute Gasteiger partial charge is 0.322 e. The SMILES string of the molecule is COc1ccc(OC)c(CCNC(=O)CC2NC(=O)NC2=O)c1. The second kappa shape index (κ2) is 7.48. The summed E-state index contributed by atoms with van der Waals surface area (Å²) in [7, 11) is 3.15. The summed E-state index contributed by atoms with van der Waals surface area (Å²) in [6, 6.07) is 4.05. The molecule has 124 valence electrons. The first-order valence-electron chi connectivity index (χ1n) is 7.12. The summed E-state index contributed by atoms with van der Waals surface area (Å²) in [5, 5.41) is 7.18. The number of nitrogens with one attached hydrogen (secondary N) is 3. The first-order valence-corrected chi connectivity index (χ1v) is 7.12.